The Morgan fingerprint density at radius 3 is 3.04 bits per heavy atom. The predicted octanol–water partition coefficient (Wildman–Crippen LogP) is 3.12. The molecule has 0 radical (unpaired) electrons. The van der Waals surface area contributed by atoms with Crippen molar-refractivity contribution in [2.24, 2.45) is 0 Å². The first-order valence-corrected chi connectivity index (χ1v) is 8.48. The lowest BCUT2D eigenvalue weighted by atomic mass is 9.92. The van der Waals surface area contributed by atoms with E-state index in [2.05, 4.69) is 22.6 Å². The lowest BCUT2D eigenvalue weighted by Crippen LogP contribution is -2.52. The maximum Gasteiger partial charge on any atom is 0.352 e. The van der Waals surface area contributed by atoms with Crippen LogP contribution >= 0.6 is 11.3 Å². The summed E-state index contributed by atoms with van der Waals surface area (Å²) in [5.74, 6) is -1.25. The molecule has 118 valence electrons. The molecule has 1 amide bonds. The van der Waals surface area contributed by atoms with Gasteiger partial charge in [-0.05, 0) is 30.2 Å². The molecule has 6 heteroatoms. The minimum Gasteiger partial charge on any atom is -0.477 e. The van der Waals surface area contributed by atoms with E-state index in [4.69, 9.17) is 5.11 Å². The van der Waals surface area contributed by atoms with Gasteiger partial charge in [0.15, 0.2) is 0 Å². The van der Waals surface area contributed by atoms with Gasteiger partial charge in [-0.1, -0.05) is 18.2 Å². The summed E-state index contributed by atoms with van der Waals surface area (Å²) in [6, 6.07) is 8.13. The van der Waals surface area contributed by atoms with Crippen LogP contribution in [0.2, 0.25) is 0 Å². The Bertz CT molecular complexity index is 1100. The van der Waals surface area contributed by atoms with Gasteiger partial charge in [0.25, 0.3) is 5.91 Å². The Kier molecular flexibility index (Phi) is 2.59. The zero-order chi connectivity index (χ0) is 16.4. The average molecular weight is 336 g/mol. The molecule has 1 N–H and O–H groups in total. The number of carbonyl (C=O) groups is 2. The van der Waals surface area contributed by atoms with Crippen LogP contribution in [-0.4, -0.2) is 32.3 Å². The number of carboxylic acid groups (broad SMARTS) is 1. The number of thiazole rings is 1. The summed E-state index contributed by atoms with van der Waals surface area (Å²) in [6.07, 6.45) is 6.11. The maximum absolute atomic E-state index is 12.3. The molecule has 24 heavy (non-hydrogen) atoms. The number of nitrogens with zero attached hydrogens (tertiary/aromatic N) is 2. The average Bonchev–Trinajstić information content (AvgIpc) is 3.24. The summed E-state index contributed by atoms with van der Waals surface area (Å²) >= 11 is 1.69. The number of carboxylic acids is 1. The molecule has 5 rings (SSSR count). The van der Waals surface area contributed by atoms with E-state index in [-0.39, 0.29) is 17.6 Å². The number of hydrogen-bond donors (Lipinski definition) is 1. The number of rotatable bonds is 2. The standard InChI is InChI=1S/C18H12N2O3S/c21-17-12(13-3-4-14(18(22)23)20(13)17)7-10-1-2-11-9-16-19(5-6-24-16)15(11)8-10/h1-2,4-9,13H,3H2,(H,22,23)/b12-7+. The quantitative estimate of drug-likeness (QED) is 0.578. The van der Waals surface area contributed by atoms with Crippen molar-refractivity contribution in [1.82, 2.24) is 9.30 Å². The molecule has 2 aliphatic rings. The van der Waals surface area contributed by atoms with Gasteiger partial charge in [0, 0.05) is 22.5 Å². The van der Waals surface area contributed by atoms with Crippen molar-refractivity contribution in [2.75, 3.05) is 0 Å². The molecule has 1 atom stereocenters. The van der Waals surface area contributed by atoms with Gasteiger partial charge in [-0.25, -0.2) is 4.79 Å². The Morgan fingerprint density at radius 2 is 2.21 bits per heavy atom. The van der Waals surface area contributed by atoms with Crippen LogP contribution in [0.25, 0.3) is 21.8 Å². The first-order chi connectivity index (χ1) is 11.6. The number of hydrogen-bond acceptors (Lipinski definition) is 3. The molecule has 0 spiro atoms. The van der Waals surface area contributed by atoms with Gasteiger partial charge in [0.05, 0.1) is 11.6 Å². The SMILES string of the molecule is O=C(O)C1=CCC2/C(=C\c3ccc4cc5sccn5c4c3)C(=O)N12. The molecule has 1 aromatic carbocycles. The number of benzene rings is 1. The Morgan fingerprint density at radius 1 is 1.33 bits per heavy atom. The lowest BCUT2D eigenvalue weighted by Gasteiger charge is -2.38. The van der Waals surface area contributed by atoms with Crippen LogP contribution in [0.1, 0.15) is 12.0 Å². The van der Waals surface area contributed by atoms with Crippen LogP contribution in [0.5, 0.6) is 0 Å². The minimum atomic E-state index is -1.04. The van der Waals surface area contributed by atoms with E-state index in [1.165, 1.54) is 15.1 Å². The molecule has 4 heterocycles. The third kappa shape index (κ3) is 1.68. The second-order valence-electron chi connectivity index (χ2n) is 5.99. The molecule has 0 bridgehead atoms. The fraction of sp³-hybridized carbons (Fsp3) is 0.111. The third-order valence-corrected chi connectivity index (χ3v) is 5.51. The van der Waals surface area contributed by atoms with E-state index in [0.717, 1.165) is 11.1 Å². The van der Waals surface area contributed by atoms with Gasteiger partial charge in [-0.15, -0.1) is 11.3 Å². The van der Waals surface area contributed by atoms with Crippen molar-refractivity contribution in [1.29, 1.82) is 0 Å². The van der Waals surface area contributed by atoms with E-state index >= 15 is 0 Å². The fourth-order valence-corrected chi connectivity index (χ4v) is 4.35. The Hall–Kier alpha value is -2.86. The van der Waals surface area contributed by atoms with Gasteiger partial charge < -0.3 is 9.51 Å². The monoisotopic (exact) mass is 336 g/mol. The van der Waals surface area contributed by atoms with Crippen LogP contribution in [0.4, 0.5) is 0 Å². The molecule has 0 aliphatic carbocycles. The molecule has 1 fully saturated rings. The van der Waals surface area contributed by atoms with Crippen molar-refractivity contribution >= 4 is 45.0 Å². The smallest absolute Gasteiger partial charge is 0.352 e. The second kappa shape index (κ2) is 4.58. The Balaban J connectivity index is 1.54. The molecule has 2 aliphatic heterocycles. The second-order valence-corrected chi connectivity index (χ2v) is 6.92. The molecule has 0 saturated carbocycles. The normalized spacial score (nSPS) is 21.4. The lowest BCUT2D eigenvalue weighted by molar-refractivity contribution is -0.142. The highest BCUT2D eigenvalue weighted by molar-refractivity contribution is 7.15. The Labute approximate surface area is 140 Å². The highest BCUT2D eigenvalue weighted by Crippen LogP contribution is 2.39. The number of β-lactam (4-membered cyclic amide) rings is 1. The van der Waals surface area contributed by atoms with E-state index in [0.29, 0.717) is 12.0 Å². The zero-order valence-corrected chi connectivity index (χ0v) is 13.3. The number of aliphatic carboxylic acids is 1. The summed E-state index contributed by atoms with van der Waals surface area (Å²) in [5.41, 5.74) is 2.85. The van der Waals surface area contributed by atoms with Gasteiger partial charge in [0.1, 0.15) is 10.5 Å². The van der Waals surface area contributed by atoms with Crippen molar-refractivity contribution in [3.63, 3.8) is 0 Å². The van der Waals surface area contributed by atoms with E-state index in [1.54, 1.807) is 17.4 Å². The molecular weight excluding hydrogens is 324 g/mol. The van der Waals surface area contributed by atoms with Gasteiger partial charge in [-0.3, -0.25) is 9.69 Å². The molecule has 5 nitrogen and oxygen atoms in total. The summed E-state index contributed by atoms with van der Waals surface area (Å²) in [6.45, 7) is 0. The minimum absolute atomic E-state index is 0.101. The molecular formula is C18H12N2O3S. The number of carbonyl (C=O) groups excluding carboxylic acids is 1. The number of fused-ring (bicyclic) bond motifs is 4. The van der Waals surface area contributed by atoms with Crippen molar-refractivity contribution in [3.05, 3.63) is 58.8 Å². The first kappa shape index (κ1) is 13.6. The number of amides is 1. The van der Waals surface area contributed by atoms with Crippen LogP contribution in [0.15, 0.2) is 53.2 Å². The van der Waals surface area contributed by atoms with Crippen LogP contribution in [0.3, 0.4) is 0 Å². The van der Waals surface area contributed by atoms with E-state index in [9.17, 15) is 9.59 Å². The summed E-state index contributed by atoms with van der Waals surface area (Å²) in [7, 11) is 0. The fourth-order valence-electron chi connectivity index (χ4n) is 3.56. The van der Waals surface area contributed by atoms with Gasteiger partial charge >= 0.3 is 5.97 Å². The zero-order valence-electron chi connectivity index (χ0n) is 12.5. The summed E-state index contributed by atoms with van der Waals surface area (Å²) in [4.78, 5) is 26.0. The van der Waals surface area contributed by atoms with Crippen LogP contribution in [-0.2, 0) is 9.59 Å². The summed E-state index contributed by atoms with van der Waals surface area (Å²) in [5, 5.41) is 12.3. The van der Waals surface area contributed by atoms with E-state index < -0.39 is 5.97 Å². The highest BCUT2D eigenvalue weighted by Gasteiger charge is 2.48. The van der Waals surface area contributed by atoms with Crippen molar-refractivity contribution in [3.8, 4) is 0 Å². The van der Waals surface area contributed by atoms with E-state index in [1.807, 2.05) is 23.7 Å². The predicted molar refractivity (Wildman–Crippen MR) is 91.7 cm³/mol. The van der Waals surface area contributed by atoms with Crippen LogP contribution in [0, 0.1) is 0 Å². The number of aromatic nitrogens is 1. The van der Waals surface area contributed by atoms with Crippen LogP contribution < -0.4 is 0 Å². The van der Waals surface area contributed by atoms with Crippen molar-refractivity contribution in [2.45, 2.75) is 12.5 Å². The molecule has 1 saturated heterocycles. The third-order valence-electron chi connectivity index (χ3n) is 4.70. The first-order valence-electron chi connectivity index (χ1n) is 7.60. The van der Waals surface area contributed by atoms with Crippen molar-refractivity contribution < 1.29 is 14.7 Å². The summed E-state index contributed by atoms with van der Waals surface area (Å²) < 4.78 is 2.14. The maximum atomic E-state index is 12.3. The molecule has 1 unspecified atom stereocenters. The van der Waals surface area contributed by atoms with Gasteiger partial charge in [-0.2, -0.15) is 0 Å². The molecule has 2 aromatic heterocycles. The largest absolute Gasteiger partial charge is 0.477 e. The van der Waals surface area contributed by atoms with Gasteiger partial charge in [0.2, 0.25) is 0 Å². The topological polar surface area (TPSA) is 62.0 Å². The highest BCUT2D eigenvalue weighted by atomic mass is 32.1. The molecule has 3 aromatic rings.